The minimum atomic E-state index is -1.66. The lowest BCUT2D eigenvalue weighted by atomic mass is 10.1. The summed E-state index contributed by atoms with van der Waals surface area (Å²) in [6.07, 6.45) is 1.42. The Morgan fingerprint density at radius 2 is 1.95 bits per heavy atom. The Morgan fingerprint density at radius 1 is 1.33 bits per heavy atom. The van der Waals surface area contributed by atoms with Gasteiger partial charge in [0.05, 0.1) is 5.75 Å². The quantitative estimate of drug-likeness (QED) is 0.531. The number of carboxylic acid groups (broad SMARTS) is 1. The van der Waals surface area contributed by atoms with Crippen LogP contribution in [0.15, 0.2) is 0 Å². The second-order valence-electron chi connectivity index (χ2n) is 4.80. The Bertz CT molecular complexity index is 422. The van der Waals surface area contributed by atoms with Crippen LogP contribution in [0, 0.1) is 0 Å². The standard InChI is InChI=1S/C12H20N2O6S/c1-8(15)13-10(12(17)18)6-21(19)7-11(16)14-9-2-4-20-5-3-9/h9-10H,2-7H2,1H3,(H,13,15)(H,14,16)(H,17,18). The molecule has 2 unspecified atom stereocenters. The topological polar surface area (TPSA) is 122 Å². The van der Waals surface area contributed by atoms with Crippen molar-refractivity contribution in [3.63, 3.8) is 0 Å². The summed E-state index contributed by atoms with van der Waals surface area (Å²) in [5.74, 6) is -2.75. The third-order valence-corrected chi connectivity index (χ3v) is 4.20. The Hall–Kier alpha value is -1.48. The molecule has 21 heavy (non-hydrogen) atoms. The largest absolute Gasteiger partial charge is 0.480 e. The molecule has 2 atom stereocenters. The van der Waals surface area contributed by atoms with E-state index in [0.29, 0.717) is 26.1 Å². The van der Waals surface area contributed by atoms with Gasteiger partial charge in [0.2, 0.25) is 11.8 Å². The smallest absolute Gasteiger partial charge is 0.327 e. The highest BCUT2D eigenvalue weighted by Crippen LogP contribution is 2.06. The normalized spacial score (nSPS) is 18.5. The fourth-order valence-electron chi connectivity index (χ4n) is 1.92. The molecule has 1 heterocycles. The number of aliphatic carboxylic acids is 1. The molecular formula is C12H20N2O6S. The maximum absolute atomic E-state index is 11.8. The summed E-state index contributed by atoms with van der Waals surface area (Å²) in [6, 6.07) is -1.24. The van der Waals surface area contributed by atoms with E-state index in [2.05, 4.69) is 10.6 Å². The molecule has 0 aliphatic carbocycles. The van der Waals surface area contributed by atoms with Crippen molar-refractivity contribution >= 4 is 28.6 Å². The zero-order valence-electron chi connectivity index (χ0n) is 11.8. The van der Waals surface area contributed by atoms with Gasteiger partial charge in [-0.15, -0.1) is 0 Å². The van der Waals surface area contributed by atoms with E-state index in [4.69, 9.17) is 9.84 Å². The zero-order valence-corrected chi connectivity index (χ0v) is 12.6. The molecule has 1 rings (SSSR count). The van der Waals surface area contributed by atoms with Gasteiger partial charge in [0.15, 0.2) is 0 Å². The van der Waals surface area contributed by atoms with Crippen molar-refractivity contribution in [3.8, 4) is 0 Å². The van der Waals surface area contributed by atoms with Crippen LogP contribution in [0.5, 0.6) is 0 Å². The summed E-state index contributed by atoms with van der Waals surface area (Å²) in [5.41, 5.74) is 0. The van der Waals surface area contributed by atoms with Gasteiger partial charge in [-0.2, -0.15) is 0 Å². The fraction of sp³-hybridized carbons (Fsp3) is 0.750. The van der Waals surface area contributed by atoms with Crippen molar-refractivity contribution in [1.82, 2.24) is 10.6 Å². The lowest BCUT2D eigenvalue weighted by Crippen LogP contribution is -2.45. The summed E-state index contributed by atoms with van der Waals surface area (Å²) < 4.78 is 17.0. The van der Waals surface area contributed by atoms with Crippen LogP contribution in [-0.2, 0) is 29.9 Å². The molecule has 1 saturated heterocycles. The Labute approximate surface area is 125 Å². The van der Waals surface area contributed by atoms with Crippen LogP contribution in [-0.4, -0.2) is 63.9 Å². The number of ether oxygens (including phenoxy) is 1. The summed E-state index contributed by atoms with van der Waals surface area (Å²) in [5, 5.41) is 13.8. The summed E-state index contributed by atoms with van der Waals surface area (Å²) in [7, 11) is -1.66. The minimum Gasteiger partial charge on any atom is -0.480 e. The molecule has 1 fully saturated rings. The average molecular weight is 320 g/mol. The Balaban J connectivity index is 2.38. The molecule has 3 N–H and O–H groups in total. The molecule has 1 aliphatic rings. The van der Waals surface area contributed by atoms with Crippen molar-refractivity contribution in [3.05, 3.63) is 0 Å². The first kappa shape index (κ1) is 17.6. The number of hydrogen-bond acceptors (Lipinski definition) is 5. The lowest BCUT2D eigenvalue weighted by Gasteiger charge is -2.23. The lowest BCUT2D eigenvalue weighted by molar-refractivity contribution is -0.140. The minimum absolute atomic E-state index is 0.00821. The van der Waals surface area contributed by atoms with E-state index < -0.39 is 28.7 Å². The molecule has 0 aromatic carbocycles. The summed E-state index contributed by atoms with van der Waals surface area (Å²) >= 11 is 0. The van der Waals surface area contributed by atoms with E-state index in [1.165, 1.54) is 6.92 Å². The first-order chi connectivity index (χ1) is 9.88. The van der Waals surface area contributed by atoms with Crippen molar-refractivity contribution in [1.29, 1.82) is 0 Å². The molecule has 0 spiro atoms. The number of hydrogen-bond donors (Lipinski definition) is 3. The molecule has 2 amide bonds. The molecule has 0 saturated carbocycles. The van der Waals surface area contributed by atoms with E-state index in [1.54, 1.807) is 0 Å². The van der Waals surface area contributed by atoms with Crippen LogP contribution in [0.2, 0.25) is 0 Å². The number of amides is 2. The molecule has 0 aromatic heterocycles. The molecule has 8 nitrogen and oxygen atoms in total. The molecule has 0 aromatic rings. The van der Waals surface area contributed by atoms with Gasteiger partial charge in [0.25, 0.3) is 0 Å². The van der Waals surface area contributed by atoms with Crippen LogP contribution in [0.1, 0.15) is 19.8 Å². The second-order valence-corrected chi connectivity index (χ2v) is 6.30. The van der Waals surface area contributed by atoms with Crippen molar-refractivity contribution in [2.45, 2.75) is 31.8 Å². The monoisotopic (exact) mass is 320 g/mol. The number of carboxylic acids is 1. The van der Waals surface area contributed by atoms with E-state index in [-0.39, 0.29) is 23.5 Å². The molecule has 0 bridgehead atoms. The third-order valence-electron chi connectivity index (χ3n) is 2.91. The van der Waals surface area contributed by atoms with Crippen LogP contribution in [0.3, 0.4) is 0 Å². The molecular weight excluding hydrogens is 300 g/mol. The SMILES string of the molecule is CC(=O)NC(CS(=O)CC(=O)NC1CCOCC1)C(=O)O. The predicted molar refractivity (Wildman–Crippen MR) is 75.1 cm³/mol. The first-order valence-corrected chi connectivity index (χ1v) is 8.09. The number of rotatable bonds is 7. The van der Waals surface area contributed by atoms with Gasteiger partial charge in [-0.1, -0.05) is 0 Å². The van der Waals surface area contributed by atoms with Crippen molar-refractivity contribution < 1.29 is 28.4 Å². The summed E-state index contributed by atoms with van der Waals surface area (Å²) in [6.45, 7) is 2.34. The molecule has 1 aliphatic heterocycles. The maximum Gasteiger partial charge on any atom is 0.327 e. The summed E-state index contributed by atoms with van der Waals surface area (Å²) in [4.78, 5) is 33.5. The number of carbonyl (C=O) groups is 3. The van der Waals surface area contributed by atoms with Crippen molar-refractivity contribution in [2.75, 3.05) is 24.7 Å². The fourth-order valence-corrected chi connectivity index (χ4v) is 3.01. The third kappa shape index (κ3) is 7.19. The van der Waals surface area contributed by atoms with Gasteiger partial charge in [-0.05, 0) is 12.8 Å². The highest BCUT2D eigenvalue weighted by molar-refractivity contribution is 7.85. The first-order valence-electron chi connectivity index (χ1n) is 6.60. The van der Waals surface area contributed by atoms with Crippen LogP contribution in [0.4, 0.5) is 0 Å². The maximum atomic E-state index is 11.8. The van der Waals surface area contributed by atoms with Crippen molar-refractivity contribution in [2.24, 2.45) is 0 Å². The predicted octanol–water partition coefficient (Wildman–Crippen LogP) is -1.38. The van der Waals surface area contributed by atoms with Gasteiger partial charge < -0.3 is 20.5 Å². The van der Waals surface area contributed by atoms with Gasteiger partial charge in [0, 0.05) is 37.0 Å². The highest BCUT2D eigenvalue weighted by atomic mass is 32.2. The Morgan fingerprint density at radius 3 is 2.48 bits per heavy atom. The van der Waals surface area contributed by atoms with E-state index in [1.807, 2.05) is 0 Å². The average Bonchev–Trinajstić information content (AvgIpc) is 2.38. The van der Waals surface area contributed by atoms with E-state index in [9.17, 15) is 18.6 Å². The zero-order chi connectivity index (χ0) is 15.8. The van der Waals surface area contributed by atoms with Gasteiger partial charge in [-0.3, -0.25) is 13.8 Å². The van der Waals surface area contributed by atoms with Gasteiger partial charge >= 0.3 is 5.97 Å². The van der Waals surface area contributed by atoms with Gasteiger partial charge in [-0.25, -0.2) is 4.79 Å². The highest BCUT2D eigenvalue weighted by Gasteiger charge is 2.23. The van der Waals surface area contributed by atoms with Crippen LogP contribution >= 0.6 is 0 Å². The van der Waals surface area contributed by atoms with E-state index in [0.717, 1.165) is 0 Å². The number of carbonyl (C=O) groups excluding carboxylic acids is 2. The molecule has 120 valence electrons. The molecule has 0 radical (unpaired) electrons. The van der Waals surface area contributed by atoms with Crippen LogP contribution < -0.4 is 10.6 Å². The molecule has 9 heteroatoms. The van der Waals surface area contributed by atoms with Crippen LogP contribution in [0.25, 0.3) is 0 Å². The second kappa shape index (κ2) is 8.73. The van der Waals surface area contributed by atoms with E-state index >= 15 is 0 Å². The van der Waals surface area contributed by atoms with Gasteiger partial charge in [0.1, 0.15) is 11.8 Å². The Kier molecular flexibility index (Phi) is 7.30. The number of nitrogens with one attached hydrogen (secondary N) is 2.